The number of benzene rings is 4. The van der Waals surface area contributed by atoms with Crippen molar-refractivity contribution in [3.05, 3.63) is 95.7 Å². The Morgan fingerprint density at radius 1 is 0.571 bits per heavy atom. The molecule has 4 aromatic rings. The lowest BCUT2D eigenvalue weighted by Gasteiger charge is -2.31. The second-order valence-corrected chi connectivity index (χ2v) is 27.2. The molecule has 6 rings (SSSR count). The quantitative estimate of drug-likeness (QED) is 0.0287. The molecule has 84 heavy (non-hydrogen) atoms. The highest BCUT2D eigenvalue weighted by atomic mass is 32.2. The van der Waals surface area contributed by atoms with Gasteiger partial charge in [-0.05, 0) is 110 Å². The van der Waals surface area contributed by atoms with Gasteiger partial charge >= 0.3 is 5.97 Å². The summed E-state index contributed by atoms with van der Waals surface area (Å²) in [6.45, 7) is 5.78. The number of rotatable bonds is 35. The van der Waals surface area contributed by atoms with Gasteiger partial charge in [-0.3, -0.25) is 4.79 Å². The number of unbranched alkanes of at least 4 members (excludes halogenated alkanes) is 2. The van der Waals surface area contributed by atoms with Crippen molar-refractivity contribution in [3.8, 4) is 0 Å². The number of methoxy groups -OCH3 is 2. The zero-order valence-electron chi connectivity index (χ0n) is 46.5. The van der Waals surface area contributed by atoms with Crippen LogP contribution in [0.15, 0.2) is 104 Å². The summed E-state index contributed by atoms with van der Waals surface area (Å²) in [4.78, 5) is 9.41. The summed E-state index contributed by atoms with van der Waals surface area (Å²) in [6, 6.07) is 8.64. The van der Waals surface area contributed by atoms with Crippen LogP contribution in [0, 0.1) is 0 Å². The van der Waals surface area contributed by atoms with Gasteiger partial charge in [0.1, 0.15) is 47.1 Å². The largest absolute Gasteiger partial charge is 0.748 e. The number of fused-ring (bicyclic) bond motifs is 6. The van der Waals surface area contributed by atoms with E-state index < -0.39 is 92.7 Å². The van der Waals surface area contributed by atoms with Gasteiger partial charge in [-0.1, -0.05) is 30.7 Å². The van der Waals surface area contributed by atoms with Gasteiger partial charge in [0.15, 0.2) is 12.3 Å². The number of carbonyl (C=O) groups is 1. The monoisotopic (exact) mass is 1270 g/mol. The molecule has 30 heteroatoms. The minimum atomic E-state index is -5.44. The number of hydrogen-bond donors (Lipinski definition) is 1. The summed E-state index contributed by atoms with van der Waals surface area (Å²) in [6.07, 6.45) is 8.95. The highest BCUT2D eigenvalue weighted by Crippen LogP contribution is 2.54. The first-order chi connectivity index (χ1) is 39.4. The predicted molar refractivity (Wildman–Crippen MR) is 300 cm³/mol. The molecule has 0 amide bonds. The van der Waals surface area contributed by atoms with Crippen LogP contribution in [-0.2, 0) is 94.6 Å². The molecule has 0 aliphatic carbocycles. The van der Waals surface area contributed by atoms with Gasteiger partial charge in [-0.15, -0.1) is 0 Å². The summed E-state index contributed by atoms with van der Waals surface area (Å²) in [5, 5.41) is 8.83. The summed E-state index contributed by atoms with van der Waals surface area (Å²) >= 11 is 0. The molecular weight excluding hydrogens is 1200 g/mol. The topological polar surface area (TPSA) is 385 Å². The molecule has 0 saturated heterocycles. The first-order valence-corrected chi connectivity index (χ1v) is 33.6. The van der Waals surface area contributed by atoms with Crippen LogP contribution in [0.5, 0.6) is 0 Å². The van der Waals surface area contributed by atoms with Crippen molar-refractivity contribution >= 4 is 95.2 Å². The molecule has 2 aliphatic rings. The van der Waals surface area contributed by atoms with Gasteiger partial charge < -0.3 is 61.2 Å². The van der Waals surface area contributed by atoms with E-state index in [1.165, 1.54) is 25.3 Å². The number of carboxylic acid groups (broad SMARTS) is 1. The molecule has 2 unspecified atom stereocenters. The summed E-state index contributed by atoms with van der Waals surface area (Å²) in [5.41, 5.74) is -0.431. The van der Waals surface area contributed by atoms with E-state index in [4.69, 9.17) is 28.4 Å². The number of anilines is 1. The van der Waals surface area contributed by atoms with E-state index >= 15 is 0 Å². The molecule has 0 aromatic heterocycles. The Hall–Kier alpha value is -5.13. The molecule has 2 heterocycles. The van der Waals surface area contributed by atoms with E-state index in [1.807, 2.05) is 4.90 Å². The van der Waals surface area contributed by atoms with E-state index in [0.717, 1.165) is 12.1 Å². The highest BCUT2D eigenvalue weighted by molar-refractivity contribution is 7.87. The number of allylic oxidation sites excluding steroid dienone is 6. The molecule has 0 radical (unpaired) electrons. The van der Waals surface area contributed by atoms with Gasteiger partial charge in [0.25, 0.3) is 0 Å². The predicted octanol–water partition coefficient (Wildman–Crippen LogP) is 4.46. The fourth-order valence-corrected chi connectivity index (χ4v) is 13.9. The van der Waals surface area contributed by atoms with Crippen LogP contribution in [0.4, 0.5) is 11.4 Å². The van der Waals surface area contributed by atoms with Crippen molar-refractivity contribution in [1.29, 1.82) is 0 Å². The molecular formula is C54H66N2O23S5-4. The van der Waals surface area contributed by atoms with Crippen LogP contribution in [0.25, 0.3) is 21.5 Å². The van der Waals surface area contributed by atoms with E-state index in [0.29, 0.717) is 79.6 Å². The second-order valence-electron chi connectivity index (χ2n) is 20.2. The molecule has 25 nitrogen and oxygen atoms in total. The van der Waals surface area contributed by atoms with Crippen LogP contribution in [0.3, 0.4) is 0 Å². The highest BCUT2D eigenvalue weighted by Gasteiger charge is 2.49. The number of ether oxygens (including phenoxy) is 6. The van der Waals surface area contributed by atoms with E-state index in [1.54, 1.807) is 62.0 Å². The number of hydrogen-bond acceptors (Lipinski definition) is 23. The van der Waals surface area contributed by atoms with Gasteiger partial charge in [-0.2, -0.15) is 4.58 Å². The Morgan fingerprint density at radius 2 is 1.10 bits per heavy atom. The lowest BCUT2D eigenvalue weighted by atomic mass is 9.74. The molecule has 4 aromatic carbocycles. The van der Waals surface area contributed by atoms with Gasteiger partial charge in [0, 0.05) is 79.4 Å². The third-order valence-electron chi connectivity index (χ3n) is 14.5. The standard InChI is InChI=1S/C54H70N2O23S5/c1-53(19-11-33-80(59,60)61)48(56(22-24-77-27-25-74-3)45-18-16-40-42(51(45)53)34-38(81(62,63)64)36-46(40)83(68,69)70)12-7-5-8-13-49-54(2,20-23-76-29-30-79-32-31-78-28-26-75-4)52-43-35-39(82(65,66)67)37-47(84(71,72)73)41(43)15-17-44(52)55(49)21-10-6-9-14-50(57)58/h5,7-8,12-13,15-18,34-37H,6,9-11,14,19-33H2,1-4H3,(H5-,57,58,59,60,61,62,63,64,65,66,67,68,69,70,71,72,73)/p-4. The average molecular weight is 1270 g/mol. The molecule has 1 N–H and O–H groups in total. The zero-order chi connectivity index (χ0) is 61.9. The maximum Gasteiger partial charge on any atom is 0.303 e. The smallest absolute Gasteiger partial charge is 0.303 e. The molecule has 464 valence electrons. The lowest BCUT2D eigenvalue weighted by Crippen LogP contribution is -2.33. The Bertz CT molecular complexity index is 3790. The van der Waals surface area contributed by atoms with Crippen molar-refractivity contribution in [2.45, 2.75) is 89.2 Å². The number of aliphatic carboxylic acids is 1. The van der Waals surface area contributed by atoms with Gasteiger partial charge in [0.2, 0.25) is 5.69 Å². The molecule has 0 spiro atoms. The van der Waals surface area contributed by atoms with Crippen LogP contribution in [0.2, 0.25) is 0 Å². The normalized spacial score (nSPS) is 18.4. The average Bonchev–Trinajstić information content (AvgIpc) is 1.55. The maximum absolute atomic E-state index is 12.8. The first-order valence-electron chi connectivity index (χ1n) is 26.4. The molecule has 0 fully saturated rings. The van der Waals surface area contributed by atoms with Crippen LogP contribution < -0.4 is 4.90 Å². The number of nitrogens with zero attached hydrogens (tertiary/aromatic N) is 2. The molecule has 2 aliphatic heterocycles. The third kappa shape index (κ3) is 16.9. The maximum atomic E-state index is 12.8. The molecule has 0 saturated carbocycles. The van der Waals surface area contributed by atoms with Gasteiger partial charge in [0.05, 0.1) is 88.0 Å². The second kappa shape index (κ2) is 28.6. The number of carboxylic acids is 1. The van der Waals surface area contributed by atoms with Crippen LogP contribution in [-0.4, -0.2) is 185 Å². The van der Waals surface area contributed by atoms with Crippen molar-refractivity contribution in [3.63, 3.8) is 0 Å². The molecule has 2 atom stereocenters. The summed E-state index contributed by atoms with van der Waals surface area (Å²) in [5.74, 6) is -1.84. The Balaban J connectivity index is 1.53. The zero-order valence-corrected chi connectivity index (χ0v) is 50.6. The van der Waals surface area contributed by atoms with E-state index in [2.05, 4.69) is 0 Å². The fourth-order valence-electron chi connectivity index (χ4n) is 10.7. The molecule has 0 bridgehead atoms. The van der Waals surface area contributed by atoms with Gasteiger partial charge in [-0.25, -0.2) is 42.1 Å². The third-order valence-corrected chi connectivity index (χ3v) is 18.7. The fraction of sp³-hybridized carbons (Fsp3) is 0.481. The van der Waals surface area contributed by atoms with Crippen molar-refractivity contribution < 1.29 is 108 Å². The van der Waals surface area contributed by atoms with Crippen molar-refractivity contribution in [1.82, 2.24) is 0 Å². The van der Waals surface area contributed by atoms with E-state index in [-0.39, 0.29) is 112 Å². The van der Waals surface area contributed by atoms with E-state index in [9.17, 15) is 74.8 Å². The minimum Gasteiger partial charge on any atom is -0.748 e. The first kappa shape index (κ1) is 68.0. The summed E-state index contributed by atoms with van der Waals surface area (Å²) in [7, 11) is -23.4. The Morgan fingerprint density at radius 3 is 1.62 bits per heavy atom. The minimum absolute atomic E-state index is 0.0228. The SMILES string of the molecule is COCCOCCOCCOCCC1(C)\C(=C/C=C/C=C/C2=[N+](CCOCCOC)c3ccc4c(S(=O)(=O)[O-])cc(S(=O)(=O)[O-])cc4c3C2(C)CCCS(=O)(=O)[O-])N(CCCCCC(=O)O)c2ccc3c(S(=O)(=O)[O-])cc(S(=O)(=O)[O-])cc3c21. The Labute approximate surface area is 489 Å². The van der Waals surface area contributed by atoms with Crippen molar-refractivity contribution in [2.24, 2.45) is 0 Å². The van der Waals surface area contributed by atoms with Crippen molar-refractivity contribution in [2.75, 3.05) is 104 Å². The lowest BCUT2D eigenvalue weighted by molar-refractivity contribution is -0.442. The summed E-state index contributed by atoms with van der Waals surface area (Å²) < 4.78 is 223. The van der Waals surface area contributed by atoms with Crippen LogP contribution >= 0.6 is 0 Å². The Kier molecular flexibility index (Phi) is 23.1. The van der Waals surface area contributed by atoms with Crippen LogP contribution in [0.1, 0.15) is 69.9 Å².